The summed E-state index contributed by atoms with van der Waals surface area (Å²) in [6.07, 6.45) is 4.61. The number of nitrogens with zero attached hydrogens (tertiary/aromatic N) is 1. The van der Waals surface area contributed by atoms with Crippen LogP contribution < -0.4 is 16.0 Å². The zero-order chi connectivity index (χ0) is 20.5. The molecule has 0 atom stereocenters. The van der Waals surface area contributed by atoms with Gasteiger partial charge < -0.3 is 16.0 Å². The topological polar surface area (TPSA) is 65.5 Å². The van der Waals surface area contributed by atoms with E-state index in [0.29, 0.717) is 18.7 Å². The number of benzene rings is 2. The summed E-state index contributed by atoms with van der Waals surface area (Å²) in [6.45, 7) is 4.23. The fraction of sp³-hybridized carbons (Fsp3) is 0.417. The molecule has 0 heterocycles. The van der Waals surface area contributed by atoms with Gasteiger partial charge >= 0.3 is 0 Å². The van der Waals surface area contributed by atoms with E-state index in [1.54, 1.807) is 7.05 Å². The molecule has 2 aromatic rings. The number of hydrogen-bond donors (Lipinski definition) is 3. The first-order chi connectivity index (χ1) is 14.2. The van der Waals surface area contributed by atoms with Crippen LogP contribution in [0.15, 0.2) is 59.6 Å². The molecule has 5 nitrogen and oxygen atoms in total. The summed E-state index contributed by atoms with van der Waals surface area (Å²) in [7, 11) is 1.79. The maximum absolute atomic E-state index is 12.2. The van der Waals surface area contributed by atoms with Crippen molar-refractivity contribution in [3.05, 3.63) is 71.3 Å². The van der Waals surface area contributed by atoms with Gasteiger partial charge in [0.15, 0.2) is 5.96 Å². The Morgan fingerprint density at radius 3 is 2.43 bits per heavy atom. The number of carbonyl (C=O) groups excluding carboxylic acids is 1. The van der Waals surface area contributed by atoms with Gasteiger partial charge in [0.05, 0.1) is 0 Å². The van der Waals surface area contributed by atoms with Gasteiger partial charge in [-0.15, -0.1) is 24.0 Å². The van der Waals surface area contributed by atoms with Crippen LogP contribution in [-0.4, -0.2) is 32.0 Å². The zero-order valence-electron chi connectivity index (χ0n) is 17.9. The lowest BCUT2D eigenvalue weighted by Gasteiger charge is -2.43. The smallest absolute Gasteiger partial charge is 0.251 e. The third kappa shape index (κ3) is 6.20. The monoisotopic (exact) mass is 520 g/mol. The minimum Gasteiger partial charge on any atom is -0.356 e. The van der Waals surface area contributed by atoms with Crippen molar-refractivity contribution in [3.63, 3.8) is 0 Å². The lowest BCUT2D eigenvalue weighted by molar-refractivity contribution is 0.0953. The van der Waals surface area contributed by atoms with Gasteiger partial charge in [0.1, 0.15) is 0 Å². The maximum atomic E-state index is 12.2. The van der Waals surface area contributed by atoms with E-state index >= 15 is 0 Å². The first-order valence-corrected chi connectivity index (χ1v) is 10.5. The quantitative estimate of drug-likeness (QED) is 0.277. The maximum Gasteiger partial charge on any atom is 0.251 e. The number of carbonyl (C=O) groups is 1. The Kier molecular flexibility index (Phi) is 9.62. The van der Waals surface area contributed by atoms with E-state index in [1.165, 1.54) is 24.8 Å². The number of rotatable bonds is 8. The van der Waals surface area contributed by atoms with Gasteiger partial charge in [-0.3, -0.25) is 9.79 Å². The fourth-order valence-electron chi connectivity index (χ4n) is 3.79. The summed E-state index contributed by atoms with van der Waals surface area (Å²) in [5.41, 5.74) is 3.35. The number of amides is 1. The Bertz CT molecular complexity index is 834. The van der Waals surface area contributed by atoms with Crippen molar-refractivity contribution in [2.24, 2.45) is 4.99 Å². The van der Waals surface area contributed by atoms with Crippen LogP contribution in [0.5, 0.6) is 0 Å². The fourth-order valence-corrected chi connectivity index (χ4v) is 3.79. The summed E-state index contributed by atoms with van der Waals surface area (Å²) in [6, 6.07) is 18.5. The summed E-state index contributed by atoms with van der Waals surface area (Å²) in [5, 5.41) is 9.80. The molecule has 1 fully saturated rings. The summed E-state index contributed by atoms with van der Waals surface area (Å²) in [5.74, 6) is 0.763. The average Bonchev–Trinajstić information content (AvgIpc) is 2.74. The number of hydrogen-bond acceptors (Lipinski definition) is 2. The Balaban J connectivity index is 0.00000320. The molecular weight excluding hydrogens is 487 g/mol. The van der Waals surface area contributed by atoms with Crippen molar-refractivity contribution in [2.75, 3.05) is 20.1 Å². The highest BCUT2D eigenvalue weighted by Gasteiger charge is 2.38. The molecule has 0 bridgehead atoms. The number of halogens is 1. The summed E-state index contributed by atoms with van der Waals surface area (Å²) < 4.78 is 0. The van der Waals surface area contributed by atoms with Crippen LogP contribution in [0.3, 0.4) is 0 Å². The van der Waals surface area contributed by atoms with Gasteiger partial charge in [-0.05, 0) is 42.5 Å². The molecule has 6 heteroatoms. The van der Waals surface area contributed by atoms with Gasteiger partial charge in [-0.2, -0.15) is 0 Å². The van der Waals surface area contributed by atoms with E-state index in [-0.39, 0.29) is 35.3 Å². The summed E-state index contributed by atoms with van der Waals surface area (Å²) in [4.78, 5) is 16.5. The Morgan fingerprint density at radius 1 is 1.03 bits per heavy atom. The van der Waals surface area contributed by atoms with E-state index < -0.39 is 0 Å². The number of nitrogens with one attached hydrogen (secondary N) is 3. The minimum atomic E-state index is -0.0222. The third-order valence-corrected chi connectivity index (χ3v) is 5.70. The van der Waals surface area contributed by atoms with Crippen LogP contribution in [0.4, 0.5) is 0 Å². The molecule has 162 valence electrons. The van der Waals surface area contributed by atoms with Crippen molar-refractivity contribution in [2.45, 2.75) is 44.6 Å². The Morgan fingerprint density at radius 2 is 1.80 bits per heavy atom. The molecule has 1 saturated carbocycles. The average molecular weight is 520 g/mol. The highest BCUT2D eigenvalue weighted by Crippen LogP contribution is 2.43. The van der Waals surface area contributed by atoms with Gasteiger partial charge in [0.2, 0.25) is 0 Å². The molecule has 30 heavy (non-hydrogen) atoms. The molecule has 0 unspecified atom stereocenters. The molecule has 1 aliphatic carbocycles. The van der Waals surface area contributed by atoms with Crippen LogP contribution in [0.1, 0.15) is 54.1 Å². The molecular formula is C24H33IN4O. The van der Waals surface area contributed by atoms with E-state index in [4.69, 9.17) is 0 Å². The lowest BCUT2D eigenvalue weighted by atomic mass is 9.64. The van der Waals surface area contributed by atoms with Gasteiger partial charge in [-0.25, -0.2) is 0 Å². The standard InChI is InChI=1S/C24H32N4O.HI/c1-3-15-26-22(29)20-10-7-9-19(16-20)17-27-23(25-2)28-18-24(13-8-14-24)21-11-5-4-6-12-21;/h4-7,9-12,16H,3,8,13-15,17-18H2,1-2H3,(H,26,29)(H2,25,27,28);1H. The molecule has 0 aromatic heterocycles. The van der Waals surface area contributed by atoms with Crippen LogP contribution >= 0.6 is 24.0 Å². The SMILES string of the molecule is CCCNC(=O)c1cccc(CNC(=NC)NCC2(c3ccccc3)CCC2)c1.I. The molecule has 1 aliphatic rings. The molecule has 0 saturated heterocycles. The van der Waals surface area contributed by atoms with E-state index in [0.717, 1.165) is 24.5 Å². The van der Waals surface area contributed by atoms with Crippen LogP contribution in [-0.2, 0) is 12.0 Å². The molecule has 0 radical (unpaired) electrons. The number of guanidine groups is 1. The Labute approximate surface area is 197 Å². The molecule has 3 N–H and O–H groups in total. The molecule has 0 spiro atoms. The lowest BCUT2D eigenvalue weighted by Crippen LogP contribution is -2.48. The zero-order valence-corrected chi connectivity index (χ0v) is 20.2. The van der Waals surface area contributed by atoms with Gasteiger partial charge in [0, 0.05) is 37.7 Å². The van der Waals surface area contributed by atoms with Crippen molar-refractivity contribution in [1.82, 2.24) is 16.0 Å². The second-order valence-electron chi connectivity index (χ2n) is 7.74. The van der Waals surface area contributed by atoms with Gasteiger partial charge in [0.25, 0.3) is 5.91 Å². The van der Waals surface area contributed by atoms with Crippen molar-refractivity contribution >= 4 is 35.8 Å². The van der Waals surface area contributed by atoms with Crippen LogP contribution in [0.2, 0.25) is 0 Å². The highest BCUT2D eigenvalue weighted by molar-refractivity contribution is 14.0. The summed E-state index contributed by atoms with van der Waals surface area (Å²) >= 11 is 0. The molecule has 0 aliphatic heterocycles. The van der Waals surface area contributed by atoms with E-state index in [1.807, 2.05) is 31.2 Å². The molecule has 1 amide bonds. The normalized spacial score (nSPS) is 14.8. The van der Waals surface area contributed by atoms with Crippen LogP contribution in [0, 0.1) is 0 Å². The van der Waals surface area contributed by atoms with E-state index in [9.17, 15) is 4.79 Å². The van der Waals surface area contributed by atoms with Crippen molar-refractivity contribution in [1.29, 1.82) is 0 Å². The molecule has 2 aromatic carbocycles. The predicted octanol–water partition coefficient (Wildman–Crippen LogP) is 4.23. The van der Waals surface area contributed by atoms with E-state index in [2.05, 4.69) is 51.3 Å². The minimum absolute atomic E-state index is 0. The third-order valence-electron chi connectivity index (χ3n) is 5.70. The molecule has 3 rings (SSSR count). The first kappa shape index (κ1) is 24.2. The second kappa shape index (κ2) is 11.9. The Hall–Kier alpha value is -2.09. The number of aliphatic imine (C=N–C) groups is 1. The van der Waals surface area contributed by atoms with Crippen LogP contribution in [0.25, 0.3) is 0 Å². The largest absolute Gasteiger partial charge is 0.356 e. The van der Waals surface area contributed by atoms with Crippen molar-refractivity contribution in [3.8, 4) is 0 Å². The predicted molar refractivity (Wildman–Crippen MR) is 135 cm³/mol. The van der Waals surface area contributed by atoms with Gasteiger partial charge in [-0.1, -0.05) is 55.8 Å². The second-order valence-corrected chi connectivity index (χ2v) is 7.74. The highest BCUT2D eigenvalue weighted by atomic mass is 127. The first-order valence-electron chi connectivity index (χ1n) is 10.5. The van der Waals surface area contributed by atoms with Crippen molar-refractivity contribution < 1.29 is 4.79 Å².